The highest BCUT2D eigenvalue weighted by molar-refractivity contribution is 5.96. The molecule has 3 N–H and O–H groups in total. The molecule has 0 aliphatic heterocycles. The van der Waals surface area contributed by atoms with E-state index in [1.807, 2.05) is 24.3 Å². The largest absolute Gasteiger partial charge is 0.409 e. The van der Waals surface area contributed by atoms with Crippen molar-refractivity contribution in [1.29, 1.82) is 0 Å². The van der Waals surface area contributed by atoms with Gasteiger partial charge in [0.05, 0.1) is 6.61 Å². The van der Waals surface area contributed by atoms with Crippen LogP contribution in [0, 0.1) is 5.92 Å². The van der Waals surface area contributed by atoms with Crippen LogP contribution in [0.3, 0.4) is 0 Å². The smallest absolute Gasteiger partial charge is 0.170 e. The molecule has 0 aliphatic rings. The van der Waals surface area contributed by atoms with Crippen molar-refractivity contribution in [3.8, 4) is 0 Å². The average molecular weight is 279 g/mol. The standard InChI is InChI=1S/C15H25N3O2/c1-12(2)10-18(8-9-20-3)11-13-4-6-14(7-5-13)15(16)17-19/h4-7,12,19H,8-11H2,1-3H3,(H2,16,17). The molecule has 1 rings (SSSR count). The predicted molar refractivity (Wildman–Crippen MR) is 80.9 cm³/mol. The normalized spacial score (nSPS) is 12.3. The molecule has 0 heterocycles. The molecule has 0 atom stereocenters. The summed E-state index contributed by atoms with van der Waals surface area (Å²) in [6.45, 7) is 7.97. The van der Waals surface area contributed by atoms with E-state index in [-0.39, 0.29) is 5.84 Å². The summed E-state index contributed by atoms with van der Waals surface area (Å²) in [4.78, 5) is 2.37. The Morgan fingerprint density at radius 1 is 1.35 bits per heavy atom. The third-order valence-electron chi connectivity index (χ3n) is 3.00. The van der Waals surface area contributed by atoms with Gasteiger partial charge in [-0.2, -0.15) is 0 Å². The van der Waals surface area contributed by atoms with Crippen LogP contribution in [0.2, 0.25) is 0 Å². The van der Waals surface area contributed by atoms with Crippen molar-refractivity contribution in [1.82, 2.24) is 4.90 Å². The van der Waals surface area contributed by atoms with Crippen LogP contribution in [0.5, 0.6) is 0 Å². The maximum Gasteiger partial charge on any atom is 0.170 e. The first kappa shape index (κ1) is 16.5. The van der Waals surface area contributed by atoms with E-state index in [9.17, 15) is 0 Å². The quantitative estimate of drug-likeness (QED) is 0.330. The minimum atomic E-state index is 0.134. The first-order valence-electron chi connectivity index (χ1n) is 6.85. The van der Waals surface area contributed by atoms with E-state index in [0.717, 1.165) is 31.8 Å². The monoisotopic (exact) mass is 279 g/mol. The summed E-state index contributed by atoms with van der Waals surface area (Å²) in [7, 11) is 1.72. The number of hydrogen-bond donors (Lipinski definition) is 2. The molecule has 0 aliphatic carbocycles. The molecule has 0 fully saturated rings. The molecule has 0 unspecified atom stereocenters. The Bertz CT molecular complexity index is 416. The summed E-state index contributed by atoms with van der Waals surface area (Å²) in [6, 6.07) is 7.75. The highest BCUT2D eigenvalue weighted by Gasteiger charge is 2.08. The molecule has 5 heteroatoms. The van der Waals surface area contributed by atoms with Crippen LogP contribution in [0.25, 0.3) is 0 Å². The van der Waals surface area contributed by atoms with E-state index in [4.69, 9.17) is 15.7 Å². The van der Waals surface area contributed by atoms with Gasteiger partial charge >= 0.3 is 0 Å². The van der Waals surface area contributed by atoms with E-state index in [0.29, 0.717) is 5.92 Å². The molecule has 0 aromatic heterocycles. The summed E-state index contributed by atoms with van der Waals surface area (Å²) >= 11 is 0. The van der Waals surface area contributed by atoms with Gasteiger partial charge in [-0.1, -0.05) is 43.3 Å². The van der Waals surface area contributed by atoms with Gasteiger partial charge in [0.15, 0.2) is 5.84 Å². The molecule has 1 aromatic rings. The molecule has 0 bridgehead atoms. The Kier molecular flexibility index (Phi) is 7.04. The zero-order chi connectivity index (χ0) is 15.0. The van der Waals surface area contributed by atoms with Crippen molar-refractivity contribution in [2.75, 3.05) is 26.8 Å². The van der Waals surface area contributed by atoms with Crippen LogP contribution >= 0.6 is 0 Å². The van der Waals surface area contributed by atoms with Crippen molar-refractivity contribution < 1.29 is 9.94 Å². The lowest BCUT2D eigenvalue weighted by atomic mass is 10.1. The zero-order valence-electron chi connectivity index (χ0n) is 12.5. The maximum absolute atomic E-state index is 8.64. The van der Waals surface area contributed by atoms with Crippen LogP contribution in [0.15, 0.2) is 29.4 Å². The average Bonchev–Trinajstić information content (AvgIpc) is 2.44. The minimum Gasteiger partial charge on any atom is -0.409 e. The van der Waals surface area contributed by atoms with Gasteiger partial charge in [-0.25, -0.2) is 0 Å². The molecule has 0 amide bonds. The van der Waals surface area contributed by atoms with Gasteiger partial charge in [-0.3, -0.25) is 4.90 Å². The number of benzene rings is 1. The number of hydrogen-bond acceptors (Lipinski definition) is 4. The summed E-state index contributed by atoms with van der Waals surface area (Å²) in [6.07, 6.45) is 0. The van der Waals surface area contributed by atoms with E-state index in [1.54, 1.807) is 7.11 Å². The Hall–Kier alpha value is -1.59. The summed E-state index contributed by atoms with van der Waals surface area (Å²) in [5.41, 5.74) is 7.48. The summed E-state index contributed by atoms with van der Waals surface area (Å²) in [5, 5.41) is 11.6. The first-order valence-corrected chi connectivity index (χ1v) is 6.85. The fourth-order valence-corrected chi connectivity index (χ4v) is 2.07. The van der Waals surface area contributed by atoms with Crippen LogP contribution in [0.1, 0.15) is 25.0 Å². The fraction of sp³-hybridized carbons (Fsp3) is 0.533. The molecule has 0 saturated carbocycles. The lowest BCUT2D eigenvalue weighted by molar-refractivity contribution is 0.136. The third-order valence-corrected chi connectivity index (χ3v) is 3.00. The maximum atomic E-state index is 8.64. The number of amidine groups is 1. The van der Waals surface area contributed by atoms with Crippen molar-refractivity contribution >= 4 is 5.84 Å². The molecule has 0 spiro atoms. The second-order valence-corrected chi connectivity index (χ2v) is 5.30. The first-order chi connectivity index (χ1) is 9.56. The molecular weight excluding hydrogens is 254 g/mol. The lowest BCUT2D eigenvalue weighted by Gasteiger charge is -2.24. The van der Waals surface area contributed by atoms with E-state index in [2.05, 4.69) is 23.9 Å². The van der Waals surface area contributed by atoms with Gasteiger partial charge in [-0.15, -0.1) is 0 Å². The number of oxime groups is 1. The summed E-state index contributed by atoms with van der Waals surface area (Å²) < 4.78 is 5.16. The van der Waals surface area contributed by atoms with Gasteiger partial charge in [-0.05, 0) is 11.5 Å². The Balaban J connectivity index is 2.67. The van der Waals surface area contributed by atoms with Crippen molar-refractivity contribution in [2.45, 2.75) is 20.4 Å². The highest BCUT2D eigenvalue weighted by atomic mass is 16.5. The number of methoxy groups -OCH3 is 1. The number of ether oxygens (including phenoxy) is 1. The minimum absolute atomic E-state index is 0.134. The van der Waals surface area contributed by atoms with Gasteiger partial charge in [0, 0.05) is 32.3 Å². The van der Waals surface area contributed by atoms with Gasteiger partial charge < -0.3 is 15.7 Å². The Labute approximate surface area is 121 Å². The highest BCUT2D eigenvalue weighted by Crippen LogP contribution is 2.09. The van der Waals surface area contributed by atoms with Gasteiger partial charge in [0.2, 0.25) is 0 Å². The SMILES string of the molecule is COCCN(Cc1ccc(C(N)=NO)cc1)CC(C)C. The molecule has 20 heavy (non-hydrogen) atoms. The van der Waals surface area contributed by atoms with E-state index >= 15 is 0 Å². The molecule has 112 valence electrons. The number of rotatable bonds is 8. The Morgan fingerprint density at radius 2 is 2.00 bits per heavy atom. The summed E-state index contributed by atoms with van der Waals surface area (Å²) in [5.74, 6) is 0.748. The second-order valence-electron chi connectivity index (χ2n) is 5.30. The number of nitrogens with two attached hydrogens (primary N) is 1. The zero-order valence-corrected chi connectivity index (χ0v) is 12.5. The molecular formula is C15H25N3O2. The molecule has 1 aromatic carbocycles. The van der Waals surface area contributed by atoms with E-state index < -0.39 is 0 Å². The third kappa shape index (κ3) is 5.59. The topological polar surface area (TPSA) is 71.1 Å². The van der Waals surface area contributed by atoms with E-state index in [1.165, 1.54) is 5.56 Å². The van der Waals surface area contributed by atoms with Crippen molar-refractivity contribution in [2.24, 2.45) is 16.8 Å². The van der Waals surface area contributed by atoms with Crippen molar-refractivity contribution in [3.05, 3.63) is 35.4 Å². The van der Waals surface area contributed by atoms with Crippen LogP contribution in [-0.4, -0.2) is 42.7 Å². The van der Waals surface area contributed by atoms with Gasteiger partial charge in [0.1, 0.15) is 0 Å². The predicted octanol–water partition coefficient (Wildman–Crippen LogP) is 1.89. The molecule has 0 saturated heterocycles. The fourth-order valence-electron chi connectivity index (χ4n) is 2.07. The molecule has 5 nitrogen and oxygen atoms in total. The lowest BCUT2D eigenvalue weighted by Crippen LogP contribution is -2.30. The molecule has 0 radical (unpaired) electrons. The van der Waals surface area contributed by atoms with Crippen molar-refractivity contribution in [3.63, 3.8) is 0 Å². The van der Waals surface area contributed by atoms with Crippen LogP contribution in [0.4, 0.5) is 0 Å². The van der Waals surface area contributed by atoms with Crippen LogP contribution in [-0.2, 0) is 11.3 Å². The van der Waals surface area contributed by atoms with Gasteiger partial charge in [0.25, 0.3) is 0 Å². The number of nitrogens with zero attached hydrogens (tertiary/aromatic N) is 2. The Morgan fingerprint density at radius 3 is 2.50 bits per heavy atom. The second kappa shape index (κ2) is 8.55. The van der Waals surface area contributed by atoms with Crippen LogP contribution < -0.4 is 5.73 Å².